The summed E-state index contributed by atoms with van der Waals surface area (Å²) in [6.07, 6.45) is 1.81. The van der Waals surface area contributed by atoms with Crippen LogP contribution in [0.2, 0.25) is 0 Å². The molecular weight excluding hydrogens is 178 g/mol. The number of thioether (sulfide) groups is 1. The highest BCUT2D eigenvalue weighted by molar-refractivity contribution is 8.02. The summed E-state index contributed by atoms with van der Waals surface area (Å²) in [5, 5.41) is 3.00. The van der Waals surface area contributed by atoms with E-state index in [1.165, 1.54) is 5.39 Å². The lowest BCUT2D eigenvalue weighted by Gasteiger charge is -2.00. The second kappa shape index (κ2) is 3.62. The minimum Gasteiger partial charge on any atom is -0.255 e. The fourth-order valence-electron chi connectivity index (χ4n) is 1.26. The van der Waals surface area contributed by atoms with Gasteiger partial charge in [-0.2, -0.15) is 0 Å². The van der Waals surface area contributed by atoms with Crippen LogP contribution in [-0.4, -0.2) is 4.98 Å². The second-order valence-corrected chi connectivity index (χ2v) is 3.62. The van der Waals surface area contributed by atoms with Gasteiger partial charge in [0, 0.05) is 16.5 Å². The average molecular weight is 187 g/mol. The topological polar surface area (TPSA) is 12.9 Å². The highest BCUT2D eigenvalue weighted by Crippen LogP contribution is 2.25. The third-order valence-electron chi connectivity index (χ3n) is 1.81. The molecule has 1 aromatic heterocycles. The Labute approximate surface area is 81.5 Å². The molecule has 0 unspecified atom stereocenters. The lowest BCUT2D eigenvalue weighted by atomic mass is 10.2. The molecule has 13 heavy (non-hydrogen) atoms. The van der Waals surface area contributed by atoms with Gasteiger partial charge in [-0.05, 0) is 17.5 Å². The van der Waals surface area contributed by atoms with Gasteiger partial charge < -0.3 is 0 Å². The van der Waals surface area contributed by atoms with E-state index >= 15 is 0 Å². The highest BCUT2D eigenvalue weighted by Gasteiger charge is 1.98. The number of hydrogen-bond acceptors (Lipinski definition) is 2. The van der Waals surface area contributed by atoms with E-state index in [1.807, 2.05) is 23.7 Å². The maximum absolute atomic E-state index is 4.33. The molecule has 1 nitrogen and oxygen atoms in total. The number of rotatable bonds is 2. The van der Waals surface area contributed by atoms with Gasteiger partial charge in [-0.3, -0.25) is 4.98 Å². The molecule has 1 aromatic carbocycles. The van der Waals surface area contributed by atoms with Crippen molar-refractivity contribution in [3.8, 4) is 0 Å². The van der Waals surface area contributed by atoms with Crippen LogP contribution in [0, 0.1) is 0 Å². The Morgan fingerprint density at radius 3 is 2.92 bits per heavy atom. The predicted molar refractivity (Wildman–Crippen MR) is 57.8 cm³/mol. The first-order valence-corrected chi connectivity index (χ1v) is 4.91. The number of hydrogen-bond donors (Lipinski definition) is 0. The fraction of sp³-hybridized carbons (Fsp3) is 0. The van der Waals surface area contributed by atoms with E-state index in [-0.39, 0.29) is 0 Å². The smallest absolute Gasteiger partial charge is 0.0841 e. The summed E-state index contributed by atoms with van der Waals surface area (Å²) in [6, 6.07) is 10.2. The third-order valence-corrected chi connectivity index (χ3v) is 2.56. The Kier molecular flexibility index (Phi) is 2.32. The van der Waals surface area contributed by atoms with Crippen LogP contribution in [-0.2, 0) is 0 Å². The van der Waals surface area contributed by atoms with Crippen molar-refractivity contribution in [2.75, 3.05) is 0 Å². The van der Waals surface area contributed by atoms with Crippen LogP contribution in [0.1, 0.15) is 0 Å². The van der Waals surface area contributed by atoms with Gasteiger partial charge >= 0.3 is 0 Å². The SMILES string of the molecule is C=CSc1cccc2cccnc12. The van der Waals surface area contributed by atoms with Crippen LogP contribution >= 0.6 is 11.8 Å². The van der Waals surface area contributed by atoms with Crippen LogP contribution < -0.4 is 0 Å². The summed E-state index contributed by atoms with van der Waals surface area (Å²) >= 11 is 1.61. The van der Waals surface area contributed by atoms with E-state index in [4.69, 9.17) is 0 Å². The van der Waals surface area contributed by atoms with Gasteiger partial charge in [0.25, 0.3) is 0 Å². The van der Waals surface area contributed by atoms with Gasteiger partial charge in [0.05, 0.1) is 5.52 Å². The molecular formula is C11H9NS. The molecule has 0 aliphatic carbocycles. The van der Waals surface area contributed by atoms with Gasteiger partial charge in [-0.25, -0.2) is 0 Å². The maximum atomic E-state index is 4.33. The van der Waals surface area contributed by atoms with E-state index in [0.29, 0.717) is 0 Å². The van der Waals surface area contributed by atoms with E-state index in [0.717, 1.165) is 10.4 Å². The van der Waals surface area contributed by atoms with Crippen LogP contribution in [0.4, 0.5) is 0 Å². The molecule has 0 N–H and O–H groups in total. The first kappa shape index (κ1) is 8.32. The summed E-state index contributed by atoms with van der Waals surface area (Å²) in [5.41, 5.74) is 1.05. The molecule has 0 radical (unpaired) electrons. The number of pyridine rings is 1. The fourth-order valence-corrected chi connectivity index (χ4v) is 1.88. The first-order valence-electron chi connectivity index (χ1n) is 4.03. The Morgan fingerprint density at radius 2 is 2.08 bits per heavy atom. The lowest BCUT2D eigenvalue weighted by molar-refractivity contribution is 1.35. The van der Waals surface area contributed by atoms with E-state index in [1.54, 1.807) is 11.8 Å². The molecule has 0 fully saturated rings. The summed E-state index contributed by atoms with van der Waals surface area (Å²) in [4.78, 5) is 5.49. The van der Waals surface area contributed by atoms with Gasteiger partial charge in [0.2, 0.25) is 0 Å². The second-order valence-electron chi connectivity index (χ2n) is 2.62. The molecule has 0 aliphatic heterocycles. The van der Waals surface area contributed by atoms with Crippen molar-refractivity contribution in [3.63, 3.8) is 0 Å². The molecule has 2 heteroatoms. The van der Waals surface area contributed by atoms with Gasteiger partial charge in [0.15, 0.2) is 0 Å². The monoisotopic (exact) mass is 187 g/mol. The predicted octanol–water partition coefficient (Wildman–Crippen LogP) is 3.47. The quantitative estimate of drug-likeness (QED) is 0.668. The van der Waals surface area contributed by atoms with Crippen molar-refractivity contribution in [2.45, 2.75) is 4.90 Å². The summed E-state index contributed by atoms with van der Waals surface area (Å²) in [6.45, 7) is 3.70. The van der Waals surface area contributed by atoms with Gasteiger partial charge in [-0.1, -0.05) is 36.5 Å². The number of benzene rings is 1. The molecule has 0 aliphatic rings. The number of fused-ring (bicyclic) bond motifs is 1. The highest BCUT2D eigenvalue weighted by atomic mass is 32.2. The van der Waals surface area contributed by atoms with Crippen molar-refractivity contribution in [1.29, 1.82) is 0 Å². The van der Waals surface area contributed by atoms with Crippen molar-refractivity contribution in [1.82, 2.24) is 4.98 Å². The zero-order valence-electron chi connectivity index (χ0n) is 7.10. The summed E-state index contributed by atoms with van der Waals surface area (Å²) in [7, 11) is 0. The Bertz CT molecular complexity index is 432. The zero-order valence-corrected chi connectivity index (χ0v) is 7.92. The van der Waals surface area contributed by atoms with E-state index in [9.17, 15) is 0 Å². The normalized spacial score (nSPS) is 10.2. The standard InChI is InChI=1S/C11H9NS/c1-2-13-10-7-3-5-9-6-4-8-12-11(9)10/h2-8H,1H2. The van der Waals surface area contributed by atoms with Crippen molar-refractivity contribution in [2.24, 2.45) is 0 Å². The number of aromatic nitrogens is 1. The van der Waals surface area contributed by atoms with E-state index < -0.39 is 0 Å². The Morgan fingerprint density at radius 1 is 1.23 bits per heavy atom. The van der Waals surface area contributed by atoms with Crippen molar-refractivity contribution < 1.29 is 0 Å². The Balaban J connectivity index is 2.68. The minimum atomic E-state index is 1.05. The molecule has 0 atom stereocenters. The minimum absolute atomic E-state index is 1.05. The molecule has 0 bridgehead atoms. The third kappa shape index (κ3) is 1.58. The zero-order chi connectivity index (χ0) is 9.10. The molecule has 2 aromatic rings. The average Bonchev–Trinajstić information content (AvgIpc) is 2.19. The van der Waals surface area contributed by atoms with Crippen LogP contribution in [0.5, 0.6) is 0 Å². The van der Waals surface area contributed by atoms with Crippen LogP contribution in [0.15, 0.2) is 53.4 Å². The molecule has 0 saturated heterocycles. The first-order chi connectivity index (χ1) is 6.42. The molecule has 0 saturated carbocycles. The largest absolute Gasteiger partial charge is 0.255 e. The molecule has 1 heterocycles. The van der Waals surface area contributed by atoms with E-state index in [2.05, 4.69) is 29.8 Å². The summed E-state index contributed by atoms with van der Waals surface area (Å²) < 4.78 is 0. The molecule has 0 spiro atoms. The van der Waals surface area contributed by atoms with Gasteiger partial charge in [0.1, 0.15) is 0 Å². The maximum Gasteiger partial charge on any atom is 0.0841 e. The number of para-hydroxylation sites is 1. The van der Waals surface area contributed by atoms with Crippen LogP contribution in [0.3, 0.4) is 0 Å². The Hall–Kier alpha value is -1.28. The lowest BCUT2D eigenvalue weighted by Crippen LogP contribution is -1.79. The number of nitrogens with zero attached hydrogens (tertiary/aromatic N) is 1. The van der Waals surface area contributed by atoms with Crippen molar-refractivity contribution in [3.05, 3.63) is 48.5 Å². The molecule has 64 valence electrons. The van der Waals surface area contributed by atoms with Crippen molar-refractivity contribution >= 4 is 22.7 Å². The van der Waals surface area contributed by atoms with Gasteiger partial charge in [-0.15, -0.1) is 0 Å². The molecule has 2 rings (SSSR count). The van der Waals surface area contributed by atoms with Crippen LogP contribution in [0.25, 0.3) is 10.9 Å². The molecule has 0 amide bonds. The summed E-state index contributed by atoms with van der Waals surface area (Å²) in [5.74, 6) is 0.